The molecule has 0 saturated heterocycles. The summed E-state index contributed by atoms with van der Waals surface area (Å²) in [7, 11) is 0. The van der Waals surface area contributed by atoms with E-state index in [1.165, 1.54) is 0 Å². The second kappa shape index (κ2) is 6.55. The monoisotopic (exact) mass is 335 g/mol. The van der Waals surface area contributed by atoms with Crippen LogP contribution < -0.4 is 5.32 Å². The minimum atomic E-state index is 0.200. The Kier molecular flexibility index (Phi) is 4.59. The van der Waals surface area contributed by atoms with Crippen LogP contribution in [-0.4, -0.2) is 15.9 Å². The van der Waals surface area contributed by atoms with Gasteiger partial charge in [0.05, 0.1) is 0 Å². The predicted molar refractivity (Wildman–Crippen MR) is 107 cm³/mol. The molecule has 0 bridgehead atoms. The lowest BCUT2D eigenvalue weighted by Gasteiger charge is -2.32. The highest BCUT2D eigenvalue weighted by Crippen LogP contribution is 2.35. The van der Waals surface area contributed by atoms with E-state index in [1.54, 1.807) is 0 Å². The van der Waals surface area contributed by atoms with Crippen LogP contribution in [0.25, 0.3) is 16.9 Å². The van der Waals surface area contributed by atoms with Gasteiger partial charge in [-0.1, -0.05) is 71.0 Å². The molecule has 3 nitrogen and oxygen atoms in total. The maximum Gasteiger partial charge on any atom is 0.139 e. The van der Waals surface area contributed by atoms with Crippen molar-refractivity contribution in [1.82, 2.24) is 9.38 Å². The quantitative estimate of drug-likeness (QED) is 0.631. The van der Waals surface area contributed by atoms with Crippen molar-refractivity contribution in [3.05, 3.63) is 54.7 Å². The first-order chi connectivity index (χ1) is 11.8. The first-order valence-electron chi connectivity index (χ1n) is 9.02. The van der Waals surface area contributed by atoms with Crippen molar-refractivity contribution in [3.63, 3.8) is 0 Å². The van der Waals surface area contributed by atoms with Gasteiger partial charge in [0, 0.05) is 18.3 Å². The average Bonchev–Trinajstić information content (AvgIpc) is 2.90. The molecule has 0 aliphatic carbocycles. The molecule has 0 amide bonds. The molecule has 2 aromatic heterocycles. The molecule has 0 saturated carbocycles. The molecule has 0 unspecified atom stereocenters. The number of nitrogens with zero attached hydrogens (tertiary/aromatic N) is 2. The van der Waals surface area contributed by atoms with Crippen molar-refractivity contribution in [1.29, 1.82) is 0 Å². The zero-order valence-corrected chi connectivity index (χ0v) is 16.0. The van der Waals surface area contributed by atoms with Gasteiger partial charge in [-0.25, -0.2) is 4.98 Å². The molecule has 0 radical (unpaired) electrons. The number of imidazole rings is 1. The standard InChI is InChI=1S/C22H29N3/c1-21(2,3)15-22(4,5)16-23-20-19(17-11-7-6-8-12-17)24-18-13-9-10-14-25(18)20/h6-14,23H,15-16H2,1-5H3. The molecule has 3 rings (SSSR count). The smallest absolute Gasteiger partial charge is 0.139 e. The highest BCUT2D eigenvalue weighted by atomic mass is 15.1. The summed E-state index contributed by atoms with van der Waals surface area (Å²) in [6.45, 7) is 12.5. The van der Waals surface area contributed by atoms with Gasteiger partial charge in [-0.3, -0.25) is 4.40 Å². The van der Waals surface area contributed by atoms with E-state index in [2.05, 4.69) is 86.9 Å². The van der Waals surface area contributed by atoms with Crippen LogP contribution in [0.2, 0.25) is 0 Å². The number of nitrogens with one attached hydrogen (secondary N) is 1. The summed E-state index contributed by atoms with van der Waals surface area (Å²) in [5.41, 5.74) is 3.64. The molecular formula is C22H29N3. The van der Waals surface area contributed by atoms with Gasteiger partial charge in [0.2, 0.25) is 0 Å². The molecule has 2 heterocycles. The fourth-order valence-electron chi connectivity index (χ4n) is 3.78. The van der Waals surface area contributed by atoms with Crippen LogP contribution >= 0.6 is 0 Å². The third-order valence-corrected chi connectivity index (χ3v) is 4.32. The lowest BCUT2D eigenvalue weighted by molar-refractivity contribution is 0.225. The molecule has 25 heavy (non-hydrogen) atoms. The lowest BCUT2D eigenvalue weighted by Crippen LogP contribution is -2.28. The molecule has 0 fully saturated rings. The van der Waals surface area contributed by atoms with Crippen LogP contribution in [0.1, 0.15) is 41.0 Å². The molecule has 0 aliphatic heterocycles. The summed E-state index contributed by atoms with van der Waals surface area (Å²) in [6, 6.07) is 16.5. The Balaban J connectivity index is 1.95. The van der Waals surface area contributed by atoms with E-state index in [0.29, 0.717) is 5.41 Å². The van der Waals surface area contributed by atoms with Crippen molar-refractivity contribution >= 4 is 11.5 Å². The van der Waals surface area contributed by atoms with E-state index < -0.39 is 0 Å². The first-order valence-corrected chi connectivity index (χ1v) is 9.02. The first kappa shape index (κ1) is 17.5. The normalized spacial score (nSPS) is 12.5. The third-order valence-electron chi connectivity index (χ3n) is 4.32. The number of benzene rings is 1. The van der Waals surface area contributed by atoms with Crippen molar-refractivity contribution in [2.45, 2.75) is 41.0 Å². The van der Waals surface area contributed by atoms with Gasteiger partial charge < -0.3 is 5.32 Å². The Morgan fingerprint density at radius 2 is 1.60 bits per heavy atom. The molecule has 0 atom stereocenters. The van der Waals surface area contributed by atoms with Crippen molar-refractivity contribution in [2.75, 3.05) is 11.9 Å². The second-order valence-corrected chi connectivity index (χ2v) is 8.86. The minimum absolute atomic E-state index is 0.200. The third kappa shape index (κ3) is 4.22. The summed E-state index contributed by atoms with van der Waals surface area (Å²) < 4.78 is 2.15. The zero-order chi connectivity index (χ0) is 18.1. The Hall–Kier alpha value is -2.29. The molecule has 1 N–H and O–H groups in total. The Bertz CT molecular complexity index is 839. The predicted octanol–water partition coefficient (Wildman–Crippen LogP) is 5.88. The van der Waals surface area contributed by atoms with Gasteiger partial charge in [0.15, 0.2) is 0 Å². The largest absolute Gasteiger partial charge is 0.369 e. The lowest BCUT2D eigenvalue weighted by atomic mass is 9.76. The van der Waals surface area contributed by atoms with E-state index >= 15 is 0 Å². The number of rotatable bonds is 5. The van der Waals surface area contributed by atoms with Crippen LogP contribution in [0.3, 0.4) is 0 Å². The van der Waals surface area contributed by atoms with E-state index in [1.807, 2.05) is 12.1 Å². The molecule has 0 aliphatic rings. The van der Waals surface area contributed by atoms with Gasteiger partial charge in [-0.15, -0.1) is 0 Å². The number of pyridine rings is 1. The maximum absolute atomic E-state index is 4.86. The van der Waals surface area contributed by atoms with Gasteiger partial charge in [0.25, 0.3) is 0 Å². The van der Waals surface area contributed by atoms with Gasteiger partial charge in [0.1, 0.15) is 17.2 Å². The molecule has 132 valence electrons. The van der Waals surface area contributed by atoms with Crippen LogP contribution in [0.5, 0.6) is 0 Å². The summed E-state index contributed by atoms with van der Waals surface area (Å²) in [6.07, 6.45) is 3.23. The van der Waals surface area contributed by atoms with Crippen LogP contribution in [-0.2, 0) is 0 Å². The van der Waals surface area contributed by atoms with Crippen LogP contribution in [0.4, 0.5) is 5.82 Å². The van der Waals surface area contributed by atoms with E-state index in [0.717, 1.165) is 35.7 Å². The number of anilines is 1. The topological polar surface area (TPSA) is 29.3 Å². The Morgan fingerprint density at radius 1 is 0.920 bits per heavy atom. The summed E-state index contributed by atoms with van der Waals surface area (Å²) in [4.78, 5) is 4.86. The summed E-state index contributed by atoms with van der Waals surface area (Å²) in [5.74, 6) is 1.07. The summed E-state index contributed by atoms with van der Waals surface area (Å²) >= 11 is 0. The number of fused-ring (bicyclic) bond motifs is 1. The van der Waals surface area contributed by atoms with Crippen LogP contribution in [0, 0.1) is 10.8 Å². The number of aromatic nitrogens is 2. The molecule has 0 spiro atoms. The average molecular weight is 335 g/mol. The minimum Gasteiger partial charge on any atom is -0.369 e. The van der Waals surface area contributed by atoms with E-state index in [9.17, 15) is 0 Å². The summed E-state index contributed by atoms with van der Waals surface area (Å²) in [5, 5.41) is 3.70. The Labute approximate surface area is 151 Å². The highest BCUT2D eigenvalue weighted by molar-refractivity contribution is 5.76. The fraction of sp³-hybridized carbons (Fsp3) is 0.409. The van der Waals surface area contributed by atoms with Gasteiger partial charge in [-0.05, 0) is 29.4 Å². The fourth-order valence-corrected chi connectivity index (χ4v) is 3.78. The number of hydrogen-bond donors (Lipinski definition) is 1. The number of hydrogen-bond acceptors (Lipinski definition) is 2. The molecular weight excluding hydrogens is 306 g/mol. The Morgan fingerprint density at radius 3 is 2.28 bits per heavy atom. The highest BCUT2D eigenvalue weighted by Gasteiger charge is 2.26. The van der Waals surface area contributed by atoms with E-state index in [4.69, 9.17) is 4.98 Å². The van der Waals surface area contributed by atoms with Crippen molar-refractivity contribution in [2.24, 2.45) is 10.8 Å². The van der Waals surface area contributed by atoms with Crippen molar-refractivity contribution < 1.29 is 0 Å². The van der Waals surface area contributed by atoms with Gasteiger partial charge in [-0.2, -0.15) is 0 Å². The molecule has 3 aromatic rings. The molecule has 3 heteroatoms. The maximum atomic E-state index is 4.86. The second-order valence-electron chi connectivity index (χ2n) is 8.86. The zero-order valence-electron chi connectivity index (χ0n) is 16.0. The van der Waals surface area contributed by atoms with Gasteiger partial charge >= 0.3 is 0 Å². The van der Waals surface area contributed by atoms with E-state index in [-0.39, 0.29) is 5.41 Å². The molecule has 1 aromatic carbocycles. The van der Waals surface area contributed by atoms with Crippen molar-refractivity contribution in [3.8, 4) is 11.3 Å². The SMILES string of the molecule is CC(C)(C)CC(C)(C)CNc1c(-c2ccccc2)nc2ccccn12. The van der Waals surface area contributed by atoms with Crippen LogP contribution in [0.15, 0.2) is 54.7 Å².